The third-order valence-corrected chi connectivity index (χ3v) is 6.90. The van der Waals surface area contributed by atoms with Crippen molar-refractivity contribution in [1.29, 1.82) is 5.26 Å². The largest absolute Gasteiger partial charge is 0.496 e. The van der Waals surface area contributed by atoms with Crippen LogP contribution in [0.2, 0.25) is 0 Å². The highest BCUT2D eigenvalue weighted by atomic mass is 19.1. The van der Waals surface area contributed by atoms with E-state index in [4.69, 9.17) is 10.5 Å². The summed E-state index contributed by atoms with van der Waals surface area (Å²) in [6.07, 6.45) is 3.75. The average molecular weight is 539 g/mol. The third kappa shape index (κ3) is 5.20. The molecule has 3 heterocycles. The highest BCUT2D eigenvalue weighted by Gasteiger charge is 2.31. The van der Waals surface area contributed by atoms with Crippen LogP contribution in [0.15, 0.2) is 73.1 Å². The molecule has 4 aromatic rings. The SMILES string of the molecule is COc1cccc(F)c1-c1cccc(C(=O)Nc2ccc(-c3cnccc3C#N)cc2N2CC(N)CC2CO)n1. The van der Waals surface area contributed by atoms with Crippen LogP contribution >= 0.6 is 0 Å². The lowest BCUT2D eigenvalue weighted by Crippen LogP contribution is -2.33. The molecular weight excluding hydrogens is 511 g/mol. The predicted octanol–water partition coefficient (Wildman–Crippen LogP) is 3.98. The molecule has 5 rings (SSSR count). The van der Waals surface area contributed by atoms with Gasteiger partial charge in [0.1, 0.15) is 17.3 Å². The number of hydrogen-bond donors (Lipinski definition) is 3. The highest BCUT2D eigenvalue weighted by Crippen LogP contribution is 2.37. The number of ether oxygens (including phenoxy) is 1. The van der Waals surface area contributed by atoms with Gasteiger partial charge in [0.05, 0.1) is 54.0 Å². The molecule has 2 aromatic heterocycles. The Bertz CT molecular complexity index is 1600. The van der Waals surface area contributed by atoms with E-state index >= 15 is 0 Å². The smallest absolute Gasteiger partial charge is 0.274 e. The standard InChI is InChI=1S/C30H27FN6O3/c1-40-28-7-2-4-23(31)29(28)25-5-3-6-26(35-25)30(39)36-24-9-8-18(22-15-34-11-10-19(22)14-32)12-27(24)37-16-20(33)13-21(37)17-38/h2-12,15,20-21,38H,13,16-17,33H2,1H3,(H,36,39). The maximum Gasteiger partial charge on any atom is 0.274 e. The Morgan fingerprint density at radius 3 is 2.85 bits per heavy atom. The number of nitriles is 1. The van der Waals surface area contributed by atoms with Gasteiger partial charge in [0.2, 0.25) is 0 Å². The van der Waals surface area contributed by atoms with Gasteiger partial charge in [-0.1, -0.05) is 18.2 Å². The zero-order valence-electron chi connectivity index (χ0n) is 21.7. The molecule has 0 saturated carbocycles. The Labute approximate surface area is 230 Å². The van der Waals surface area contributed by atoms with E-state index in [2.05, 4.69) is 21.4 Å². The van der Waals surface area contributed by atoms with Gasteiger partial charge in [0.15, 0.2) is 0 Å². The Hall–Kier alpha value is -4.85. The zero-order valence-corrected chi connectivity index (χ0v) is 21.7. The number of methoxy groups -OCH3 is 1. The molecule has 1 saturated heterocycles. The lowest BCUT2D eigenvalue weighted by atomic mass is 10.0. The van der Waals surface area contributed by atoms with E-state index in [1.807, 2.05) is 11.0 Å². The molecule has 4 N–H and O–H groups in total. The number of nitrogens with one attached hydrogen (secondary N) is 1. The van der Waals surface area contributed by atoms with E-state index in [0.29, 0.717) is 41.2 Å². The number of nitrogens with zero attached hydrogens (tertiary/aromatic N) is 4. The van der Waals surface area contributed by atoms with Crippen molar-refractivity contribution in [1.82, 2.24) is 9.97 Å². The maximum atomic E-state index is 14.7. The minimum atomic E-state index is -0.519. The fourth-order valence-corrected chi connectivity index (χ4v) is 5.00. The Balaban J connectivity index is 1.53. The second-order valence-electron chi connectivity index (χ2n) is 9.43. The van der Waals surface area contributed by atoms with E-state index in [1.54, 1.807) is 48.8 Å². The number of anilines is 2. The van der Waals surface area contributed by atoms with Gasteiger partial charge in [-0.25, -0.2) is 9.37 Å². The molecule has 1 fully saturated rings. The molecule has 202 valence electrons. The second-order valence-corrected chi connectivity index (χ2v) is 9.43. The van der Waals surface area contributed by atoms with Gasteiger partial charge in [0, 0.05) is 30.5 Å². The Morgan fingerprint density at radius 2 is 2.08 bits per heavy atom. The van der Waals surface area contributed by atoms with E-state index in [9.17, 15) is 19.6 Å². The van der Waals surface area contributed by atoms with E-state index < -0.39 is 11.7 Å². The quantitative estimate of drug-likeness (QED) is 0.321. The molecule has 1 aliphatic rings. The number of aliphatic hydroxyl groups is 1. The molecule has 1 amide bonds. The molecule has 2 unspecified atom stereocenters. The number of amides is 1. The number of halogens is 1. The summed E-state index contributed by atoms with van der Waals surface area (Å²) in [4.78, 5) is 24.0. The zero-order chi connectivity index (χ0) is 28.2. The van der Waals surface area contributed by atoms with Crippen molar-refractivity contribution in [3.63, 3.8) is 0 Å². The molecule has 0 bridgehead atoms. The monoisotopic (exact) mass is 538 g/mol. The molecule has 2 atom stereocenters. The molecule has 0 spiro atoms. The number of aromatic nitrogens is 2. The Morgan fingerprint density at radius 1 is 1.25 bits per heavy atom. The van der Waals surface area contributed by atoms with Crippen molar-refractivity contribution < 1.29 is 19.0 Å². The van der Waals surface area contributed by atoms with Gasteiger partial charge in [0.25, 0.3) is 5.91 Å². The van der Waals surface area contributed by atoms with Gasteiger partial charge in [-0.05, 0) is 54.4 Å². The second kappa shape index (κ2) is 11.5. The van der Waals surface area contributed by atoms with Crippen LogP contribution in [0, 0.1) is 17.1 Å². The molecule has 2 aromatic carbocycles. The number of pyridine rings is 2. The van der Waals surface area contributed by atoms with Crippen molar-refractivity contribution >= 4 is 17.3 Å². The number of aliphatic hydroxyl groups excluding tert-OH is 1. The van der Waals surface area contributed by atoms with Crippen molar-refractivity contribution in [2.24, 2.45) is 5.73 Å². The van der Waals surface area contributed by atoms with Gasteiger partial charge in [-0.2, -0.15) is 5.26 Å². The summed E-state index contributed by atoms with van der Waals surface area (Å²) < 4.78 is 20.0. The number of carbonyl (C=O) groups is 1. The Kier molecular flexibility index (Phi) is 7.68. The van der Waals surface area contributed by atoms with Crippen molar-refractivity contribution in [3.05, 3.63) is 90.1 Å². The van der Waals surface area contributed by atoms with E-state index in [0.717, 1.165) is 5.56 Å². The number of carbonyl (C=O) groups excluding carboxylic acids is 1. The summed E-state index contributed by atoms with van der Waals surface area (Å²) in [5.41, 5.74) is 9.65. The topological polar surface area (TPSA) is 137 Å². The van der Waals surface area contributed by atoms with Crippen LogP contribution in [0.5, 0.6) is 5.75 Å². The van der Waals surface area contributed by atoms with Crippen LogP contribution in [0.25, 0.3) is 22.4 Å². The molecule has 0 radical (unpaired) electrons. The molecular formula is C30H27FN6O3. The summed E-state index contributed by atoms with van der Waals surface area (Å²) in [6.45, 7) is 0.353. The predicted molar refractivity (Wildman–Crippen MR) is 149 cm³/mol. The number of rotatable bonds is 7. The number of nitrogens with two attached hydrogens (primary N) is 1. The third-order valence-electron chi connectivity index (χ3n) is 6.90. The van der Waals surface area contributed by atoms with Crippen LogP contribution in [0.1, 0.15) is 22.5 Å². The van der Waals surface area contributed by atoms with E-state index in [-0.39, 0.29) is 35.6 Å². The first-order chi connectivity index (χ1) is 19.4. The first-order valence-electron chi connectivity index (χ1n) is 12.7. The molecule has 1 aliphatic heterocycles. The summed E-state index contributed by atoms with van der Waals surface area (Å²) >= 11 is 0. The lowest BCUT2D eigenvalue weighted by molar-refractivity contribution is 0.102. The first kappa shape index (κ1) is 26.7. The normalized spacial score (nSPS) is 16.4. The fraction of sp³-hybridized carbons (Fsp3) is 0.200. The summed E-state index contributed by atoms with van der Waals surface area (Å²) in [6, 6.07) is 18.0. The summed E-state index contributed by atoms with van der Waals surface area (Å²) in [5.74, 6) is -0.723. The number of hydrogen-bond acceptors (Lipinski definition) is 8. The van der Waals surface area contributed by atoms with Crippen LogP contribution < -0.4 is 20.7 Å². The first-order valence-corrected chi connectivity index (χ1v) is 12.7. The molecule has 0 aliphatic carbocycles. The van der Waals surface area contributed by atoms with Crippen LogP contribution in [-0.4, -0.2) is 53.3 Å². The fourth-order valence-electron chi connectivity index (χ4n) is 5.00. The lowest BCUT2D eigenvalue weighted by Gasteiger charge is -2.28. The minimum Gasteiger partial charge on any atom is -0.496 e. The van der Waals surface area contributed by atoms with Crippen LogP contribution in [-0.2, 0) is 0 Å². The summed E-state index contributed by atoms with van der Waals surface area (Å²) in [5, 5.41) is 22.6. The van der Waals surface area contributed by atoms with Gasteiger partial charge in [-0.3, -0.25) is 9.78 Å². The van der Waals surface area contributed by atoms with Gasteiger partial charge in [-0.15, -0.1) is 0 Å². The minimum absolute atomic E-state index is 0.0775. The maximum absolute atomic E-state index is 14.7. The van der Waals surface area contributed by atoms with Crippen molar-refractivity contribution in [3.8, 4) is 34.2 Å². The van der Waals surface area contributed by atoms with E-state index in [1.165, 1.54) is 25.3 Å². The molecule has 10 heteroatoms. The van der Waals surface area contributed by atoms with Crippen molar-refractivity contribution in [2.75, 3.05) is 30.5 Å². The summed E-state index contributed by atoms with van der Waals surface area (Å²) in [7, 11) is 1.44. The van der Waals surface area contributed by atoms with Gasteiger partial charge >= 0.3 is 0 Å². The molecule has 9 nitrogen and oxygen atoms in total. The van der Waals surface area contributed by atoms with Gasteiger partial charge < -0.3 is 25.8 Å². The molecule has 40 heavy (non-hydrogen) atoms. The average Bonchev–Trinajstić information content (AvgIpc) is 3.37. The highest BCUT2D eigenvalue weighted by molar-refractivity contribution is 6.05. The number of benzene rings is 2. The van der Waals surface area contributed by atoms with Crippen LogP contribution in [0.3, 0.4) is 0 Å². The van der Waals surface area contributed by atoms with Crippen LogP contribution in [0.4, 0.5) is 15.8 Å². The van der Waals surface area contributed by atoms with Crippen molar-refractivity contribution in [2.45, 2.75) is 18.5 Å².